The van der Waals surface area contributed by atoms with E-state index in [2.05, 4.69) is 18.6 Å². The first-order valence-electron chi connectivity index (χ1n) is 7.19. The average molecular weight is 314 g/mol. The van der Waals surface area contributed by atoms with Gasteiger partial charge in [-0.3, -0.25) is 0 Å². The Morgan fingerprint density at radius 1 is 1.43 bits per heavy atom. The van der Waals surface area contributed by atoms with Gasteiger partial charge >= 0.3 is 0 Å². The van der Waals surface area contributed by atoms with Crippen molar-refractivity contribution in [1.29, 1.82) is 0 Å². The molecule has 0 aromatic heterocycles. The second-order valence-corrected chi connectivity index (χ2v) is 8.14. The third kappa shape index (κ3) is 3.27. The molecule has 0 aliphatic heterocycles. The summed E-state index contributed by atoms with van der Waals surface area (Å²) < 4.78 is 41.8. The zero-order valence-corrected chi connectivity index (χ0v) is 13.6. The molecule has 1 aliphatic rings. The van der Waals surface area contributed by atoms with Gasteiger partial charge in [-0.25, -0.2) is 17.5 Å². The molecule has 0 radical (unpaired) electrons. The third-order valence-corrected chi connectivity index (χ3v) is 6.03. The van der Waals surface area contributed by atoms with Crippen LogP contribution in [0.4, 0.5) is 4.39 Å². The maximum absolute atomic E-state index is 13.9. The van der Waals surface area contributed by atoms with Gasteiger partial charge in [-0.1, -0.05) is 20.3 Å². The number of sulfonamides is 1. The van der Waals surface area contributed by atoms with Crippen LogP contribution < -0.4 is 10.5 Å². The van der Waals surface area contributed by atoms with Crippen LogP contribution in [0.2, 0.25) is 0 Å². The molecule has 1 unspecified atom stereocenters. The van der Waals surface area contributed by atoms with Crippen molar-refractivity contribution in [3.8, 4) is 0 Å². The van der Waals surface area contributed by atoms with E-state index in [0.717, 1.165) is 19.3 Å². The maximum atomic E-state index is 13.9. The summed E-state index contributed by atoms with van der Waals surface area (Å²) in [6, 6.07) is 2.63. The molecule has 0 saturated heterocycles. The fourth-order valence-electron chi connectivity index (χ4n) is 2.90. The zero-order chi connectivity index (χ0) is 15.8. The molecule has 21 heavy (non-hydrogen) atoms. The Labute approximate surface area is 126 Å². The summed E-state index contributed by atoms with van der Waals surface area (Å²) in [5.41, 5.74) is 6.04. The van der Waals surface area contributed by atoms with Crippen LogP contribution in [0.25, 0.3) is 0 Å². The van der Waals surface area contributed by atoms with Crippen molar-refractivity contribution in [1.82, 2.24) is 4.72 Å². The van der Waals surface area contributed by atoms with Crippen molar-refractivity contribution in [2.24, 2.45) is 11.1 Å². The smallest absolute Gasteiger partial charge is 0.241 e. The molecule has 1 fully saturated rings. The minimum atomic E-state index is -3.75. The Balaban J connectivity index is 2.38. The van der Waals surface area contributed by atoms with Crippen LogP contribution in [0.15, 0.2) is 17.0 Å². The van der Waals surface area contributed by atoms with Gasteiger partial charge < -0.3 is 5.73 Å². The van der Waals surface area contributed by atoms with Crippen molar-refractivity contribution in [3.05, 3.63) is 29.1 Å². The lowest BCUT2D eigenvalue weighted by molar-refractivity contribution is 0.313. The lowest BCUT2D eigenvalue weighted by atomic mass is 9.88. The van der Waals surface area contributed by atoms with E-state index in [9.17, 15) is 12.8 Å². The topological polar surface area (TPSA) is 72.2 Å². The molecule has 3 N–H and O–H groups in total. The second-order valence-electron chi connectivity index (χ2n) is 6.46. The molecule has 0 heterocycles. The Bertz CT molecular complexity index is 641. The van der Waals surface area contributed by atoms with Crippen LogP contribution in [0.1, 0.15) is 44.2 Å². The monoisotopic (exact) mass is 314 g/mol. The van der Waals surface area contributed by atoms with Crippen molar-refractivity contribution in [2.45, 2.75) is 57.5 Å². The van der Waals surface area contributed by atoms with E-state index in [1.807, 2.05) is 0 Å². The van der Waals surface area contributed by atoms with Gasteiger partial charge in [0.15, 0.2) is 0 Å². The number of nitrogens with two attached hydrogens (primary N) is 1. The molecule has 0 amide bonds. The first-order chi connectivity index (χ1) is 9.67. The van der Waals surface area contributed by atoms with E-state index in [-0.39, 0.29) is 28.5 Å². The largest absolute Gasteiger partial charge is 0.326 e. The third-order valence-electron chi connectivity index (χ3n) is 4.44. The summed E-state index contributed by atoms with van der Waals surface area (Å²) in [5, 5.41) is 0. The van der Waals surface area contributed by atoms with Gasteiger partial charge in [0.05, 0.1) is 4.90 Å². The molecule has 118 valence electrons. The Morgan fingerprint density at radius 2 is 2.10 bits per heavy atom. The van der Waals surface area contributed by atoms with E-state index >= 15 is 0 Å². The van der Waals surface area contributed by atoms with Gasteiger partial charge in [-0.2, -0.15) is 0 Å². The predicted octanol–water partition coefficient (Wildman–Crippen LogP) is 2.45. The lowest BCUT2D eigenvalue weighted by Crippen LogP contribution is -2.41. The van der Waals surface area contributed by atoms with E-state index in [1.165, 1.54) is 19.1 Å². The van der Waals surface area contributed by atoms with Crippen LogP contribution in [0.5, 0.6) is 0 Å². The van der Waals surface area contributed by atoms with Crippen LogP contribution >= 0.6 is 0 Å². The van der Waals surface area contributed by atoms with Gasteiger partial charge in [0, 0.05) is 18.2 Å². The Kier molecular flexibility index (Phi) is 4.42. The highest BCUT2D eigenvalue weighted by Crippen LogP contribution is 2.38. The first-order valence-corrected chi connectivity index (χ1v) is 8.67. The van der Waals surface area contributed by atoms with Gasteiger partial charge in [-0.05, 0) is 42.9 Å². The Hall–Kier alpha value is -0.980. The standard InChI is InChI=1S/C15H23FN2O2S/c1-10-12(16)7-11(9-17)8-13(10)21(19,20)18-14-5-4-6-15(14,2)3/h7-8,14,18H,4-6,9,17H2,1-3H3. The van der Waals surface area contributed by atoms with E-state index in [0.29, 0.717) is 5.56 Å². The SMILES string of the molecule is Cc1c(F)cc(CN)cc1S(=O)(=O)NC1CCCC1(C)C. The summed E-state index contributed by atoms with van der Waals surface area (Å²) in [6.45, 7) is 5.69. The van der Waals surface area contributed by atoms with Crippen molar-refractivity contribution >= 4 is 10.0 Å². The number of nitrogens with one attached hydrogen (secondary N) is 1. The van der Waals surface area contributed by atoms with Crippen molar-refractivity contribution in [3.63, 3.8) is 0 Å². The van der Waals surface area contributed by atoms with Gasteiger partial charge in [0.2, 0.25) is 10.0 Å². The van der Waals surface area contributed by atoms with Gasteiger partial charge in [0.1, 0.15) is 5.82 Å². The van der Waals surface area contributed by atoms with E-state index < -0.39 is 15.8 Å². The lowest BCUT2D eigenvalue weighted by Gasteiger charge is -2.28. The van der Waals surface area contributed by atoms with Crippen LogP contribution in [0.3, 0.4) is 0 Å². The highest BCUT2D eigenvalue weighted by Gasteiger charge is 2.37. The molecule has 0 spiro atoms. The quantitative estimate of drug-likeness (QED) is 0.896. The molecule has 1 aliphatic carbocycles. The van der Waals surface area contributed by atoms with E-state index in [4.69, 9.17) is 5.73 Å². The van der Waals surface area contributed by atoms with Crippen LogP contribution in [-0.4, -0.2) is 14.5 Å². The highest BCUT2D eigenvalue weighted by molar-refractivity contribution is 7.89. The van der Waals surface area contributed by atoms with Gasteiger partial charge in [0.25, 0.3) is 0 Å². The fourth-order valence-corrected chi connectivity index (χ4v) is 4.65. The summed E-state index contributed by atoms with van der Waals surface area (Å²) in [6.07, 6.45) is 2.79. The normalized spacial score (nSPS) is 21.7. The molecule has 1 aromatic carbocycles. The minimum Gasteiger partial charge on any atom is -0.326 e. The molecule has 1 atom stereocenters. The average Bonchev–Trinajstić information content (AvgIpc) is 2.71. The number of hydrogen-bond donors (Lipinski definition) is 2. The number of benzene rings is 1. The molecule has 2 rings (SSSR count). The molecular weight excluding hydrogens is 291 g/mol. The molecule has 6 heteroatoms. The molecule has 1 aromatic rings. The molecule has 1 saturated carbocycles. The number of hydrogen-bond acceptors (Lipinski definition) is 3. The number of halogens is 1. The molecular formula is C15H23FN2O2S. The van der Waals surface area contributed by atoms with Gasteiger partial charge in [-0.15, -0.1) is 0 Å². The summed E-state index contributed by atoms with van der Waals surface area (Å²) >= 11 is 0. The zero-order valence-electron chi connectivity index (χ0n) is 12.7. The molecule has 4 nitrogen and oxygen atoms in total. The first kappa shape index (κ1) is 16.4. The number of rotatable bonds is 4. The summed E-state index contributed by atoms with van der Waals surface area (Å²) in [7, 11) is -3.75. The predicted molar refractivity (Wildman–Crippen MR) is 80.8 cm³/mol. The van der Waals surface area contributed by atoms with Crippen LogP contribution in [0, 0.1) is 18.2 Å². The molecule has 0 bridgehead atoms. The van der Waals surface area contributed by atoms with E-state index in [1.54, 1.807) is 0 Å². The maximum Gasteiger partial charge on any atom is 0.241 e. The second kappa shape index (κ2) is 5.66. The summed E-state index contributed by atoms with van der Waals surface area (Å²) in [5.74, 6) is -0.538. The Morgan fingerprint density at radius 3 is 2.62 bits per heavy atom. The van der Waals surface area contributed by atoms with Crippen LogP contribution in [-0.2, 0) is 16.6 Å². The highest BCUT2D eigenvalue weighted by atomic mass is 32.2. The fraction of sp³-hybridized carbons (Fsp3) is 0.600. The summed E-state index contributed by atoms with van der Waals surface area (Å²) in [4.78, 5) is -0.00866. The van der Waals surface area contributed by atoms with Crippen molar-refractivity contribution in [2.75, 3.05) is 0 Å². The van der Waals surface area contributed by atoms with Crippen molar-refractivity contribution < 1.29 is 12.8 Å². The minimum absolute atomic E-state index is 0.00866.